The molecule has 19 heavy (non-hydrogen) atoms. The molecule has 2 amide bonds. The standard InChI is InChI=1S/C9H14N2O2.C4H6O2/c1-6(8(10)12)4-3-5-7(2)9(11)13;1-3(2)4(5)6/h4-5H,3H2,1-2H3,(H2,10,12)(H2,11,13);1H2,2H3,(H,5,6)/b6-4+,7-5+;. The van der Waals surface area contributed by atoms with Gasteiger partial charge in [0.2, 0.25) is 11.8 Å². The van der Waals surface area contributed by atoms with Crippen LogP contribution in [0.15, 0.2) is 35.5 Å². The van der Waals surface area contributed by atoms with Crippen molar-refractivity contribution in [2.45, 2.75) is 27.2 Å². The third-order valence-corrected chi connectivity index (χ3v) is 1.99. The molecule has 6 heteroatoms. The molecule has 5 N–H and O–H groups in total. The third kappa shape index (κ3) is 11.9. The van der Waals surface area contributed by atoms with Crippen LogP contribution in [0.3, 0.4) is 0 Å². The van der Waals surface area contributed by atoms with Crippen LogP contribution in [0, 0.1) is 0 Å². The molecule has 0 radical (unpaired) electrons. The van der Waals surface area contributed by atoms with Crippen molar-refractivity contribution in [1.82, 2.24) is 0 Å². The van der Waals surface area contributed by atoms with Gasteiger partial charge in [-0.05, 0) is 27.2 Å². The van der Waals surface area contributed by atoms with Gasteiger partial charge in [0, 0.05) is 16.7 Å². The minimum absolute atomic E-state index is 0.176. The molecule has 0 bridgehead atoms. The summed E-state index contributed by atoms with van der Waals surface area (Å²) in [6.45, 7) is 7.84. The number of carboxylic acid groups (broad SMARTS) is 1. The molecule has 0 spiro atoms. The second-order valence-corrected chi connectivity index (χ2v) is 3.82. The predicted molar refractivity (Wildman–Crippen MR) is 73.0 cm³/mol. The average molecular weight is 268 g/mol. The summed E-state index contributed by atoms with van der Waals surface area (Å²) < 4.78 is 0. The van der Waals surface area contributed by atoms with Crippen LogP contribution in [0.25, 0.3) is 0 Å². The Kier molecular flexibility index (Phi) is 9.63. The summed E-state index contributed by atoms with van der Waals surface area (Å²) in [4.78, 5) is 30.7. The Morgan fingerprint density at radius 2 is 1.26 bits per heavy atom. The van der Waals surface area contributed by atoms with Crippen LogP contribution in [0.2, 0.25) is 0 Å². The molecule has 0 rings (SSSR count). The Morgan fingerprint density at radius 1 is 1.00 bits per heavy atom. The van der Waals surface area contributed by atoms with Crippen molar-refractivity contribution >= 4 is 17.8 Å². The Morgan fingerprint density at radius 3 is 1.42 bits per heavy atom. The Balaban J connectivity index is 0. The van der Waals surface area contributed by atoms with Crippen molar-refractivity contribution in [2.75, 3.05) is 0 Å². The van der Waals surface area contributed by atoms with E-state index in [0.717, 1.165) is 0 Å². The maximum Gasteiger partial charge on any atom is 0.330 e. The molecule has 0 fully saturated rings. The fourth-order valence-corrected chi connectivity index (χ4v) is 0.614. The van der Waals surface area contributed by atoms with Crippen LogP contribution in [0.4, 0.5) is 0 Å². The van der Waals surface area contributed by atoms with Crippen LogP contribution < -0.4 is 11.5 Å². The van der Waals surface area contributed by atoms with Crippen LogP contribution in [-0.2, 0) is 14.4 Å². The van der Waals surface area contributed by atoms with E-state index in [1.165, 1.54) is 6.92 Å². The monoisotopic (exact) mass is 268 g/mol. The van der Waals surface area contributed by atoms with Gasteiger partial charge < -0.3 is 16.6 Å². The predicted octanol–water partition coefficient (Wildman–Crippen LogP) is 0.887. The van der Waals surface area contributed by atoms with E-state index in [0.29, 0.717) is 17.6 Å². The first-order chi connectivity index (χ1) is 8.59. The molecule has 106 valence electrons. The van der Waals surface area contributed by atoms with E-state index in [1.807, 2.05) is 0 Å². The molecule has 0 aliphatic carbocycles. The van der Waals surface area contributed by atoms with Crippen molar-refractivity contribution in [3.8, 4) is 0 Å². The summed E-state index contributed by atoms with van der Waals surface area (Å²) in [6.07, 6.45) is 3.78. The zero-order valence-corrected chi connectivity index (χ0v) is 11.4. The average Bonchev–Trinajstić information content (AvgIpc) is 2.28. The van der Waals surface area contributed by atoms with Gasteiger partial charge in [0.05, 0.1) is 0 Å². The van der Waals surface area contributed by atoms with E-state index in [-0.39, 0.29) is 5.57 Å². The third-order valence-electron chi connectivity index (χ3n) is 1.99. The van der Waals surface area contributed by atoms with E-state index in [1.54, 1.807) is 26.0 Å². The Labute approximate surface area is 112 Å². The summed E-state index contributed by atoms with van der Waals surface area (Å²) in [6, 6.07) is 0. The number of primary amides is 2. The lowest BCUT2D eigenvalue weighted by Crippen LogP contribution is -2.12. The molecule has 0 aliphatic rings. The molecule has 0 unspecified atom stereocenters. The fourth-order valence-electron chi connectivity index (χ4n) is 0.614. The number of carboxylic acids is 1. The molecule has 0 saturated carbocycles. The number of rotatable bonds is 5. The zero-order chi connectivity index (χ0) is 15.6. The van der Waals surface area contributed by atoms with Crippen molar-refractivity contribution in [3.63, 3.8) is 0 Å². The van der Waals surface area contributed by atoms with Gasteiger partial charge in [-0.15, -0.1) is 0 Å². The molecular formula is C13H20N2O4. The molecule has 0 aliphatic heterocycles. The number of amides is 2. The quantitative estimate of drug-likeness (QED) is 0.640. The van der Waals surface area contributed by atoms with Crippen molar-refractivity contribution in [1.29, 1.82) is 0 Å². The zero-order valence-electron chi connectivity index (χ0n) is 11.4. The highest BCUT2D eigenvalue weighted by atomic mass is 16.4. The summed E-state index contributed by atoms with van der Waals surface area (Å²) in [5.74, 6) is -1.84. The Hall–Kier alpha value is -2.37. The molecule has 0 aromatic carbocycles. The molecule has 0 atom stereocenters. The maximum atomic E-state index is 10.6. The molecule has 0 aromatic rings. The lowest BCUT2D eigenvalue weighted by molar-refractivity contribution is -0.132. The van der Waals surface area contributed by atoms with Crippen LogP contribution in [0.1, 0.15) is 27.2 Å². The van der Waals surface area contributed by atoms with Crippen molar-refractivity contribution < 1.29 is 19.5 Å². The fraction of sp³-hybridized carbons (Fsp3) is 0.308. The maximum absolute atomic E-state index is 10.6. The number of aliphatic carboxylic acids is 1. The number of carbonyl (C=O) groups excluding carboxylic acids is 2. The topological polar surface area (TPSA) is 123 Å². The first kappa shape index (κ1) is 19.0. The highest BCUT2D eigenvalue weighted by molar-refractivity contribution is 5.92. The molecule has 0 aromatic heterocycles. The van der Waals surface area contributed by atoms with E-state index < -0.39 is 17.8 Å². The van der Waals surface area contributed by atoms with Gasteiger partial charge in [-0.2, -0.15) is 0 Å². The largest absolute Gasteiger partial charge is 0.478 e. The minimum atomic E-state index is -0.935. The van der Waals surface area contributed by atoms with Gasteiger partial charge in [0.1, 0.15) is 0 Å². The summed E-state index contributed by atoms with van der Waals surface area (Å²) >= 11 is 0. The highest BCUT2D eigenvalue weighted by Gasteiger charge is 1.96. The van der Waals surface area contributed by atoms with Crippen molar-refractivity contribution in [2.24, 2.45) is 11.5 Å². The second-order valence-electron chi connectivity index (χ2n) is 3.82. The van der Waals surface area contributed by atoms with Gasteiger partial charge in [-0.1, -0.05) is 18.7 Å². The number of nitrogens with two attached hydrogens (primary N) is 2. The molecular weight excluding hydrogens is 248 g/mol. The van der Waals surface area contributed by atoms with Gasteiger partial charge in [0.15, 0.2) is 0 Å². The molecule has 0 heterocycles. The minimum Gasteiger partial charge on any atom is -0.478 e. The van der Waals surface area contributed by atoms with Gasteiger partial charge in [-0.3, -0.25) is 9.59 Å². The van der Waals surface area contributed by atoms with Crippen molar-refractivity contribution in [3.05, 3.63) is 35.5 Å². The Bertz CT molecular complexity index is 394. The van der Waals surface area contributed by atoms with Crippen LogP contribution >= 0.6 is 0 Å². The lowest BCUT2D eigenvalue weighted by atomic mass is 10.2. The van der Waals surface area contributed by atoms with Gasteiger partial charge in [0.25, 0.3) is 0 Å². The highest BCUT2D eigenvalue weighted by Crippen LogP contribution is 1.98. The van der Waals surface area contributed by atoms with Gasteiger partial charge in [-0.25, -0.2) is 4.79 Å². The summed E-state index contributed by atoms with van der Waals surface area (Å²) in [5.41, 5.74) is 11.1. The number of hydrogen-bond donors (Lipinski definition) is 3. The first-order valence-corrected chi connectivity index (χ1v) is 5.41. The number of hydrogen-bond acceptors (Lipinski definition) is 3. The van der Waals surface area contributed by atoms with E-state index in [2.05, 4.69) is 6.58 Å². The SMILES string of the molecule is C/C(=C\C/C=C(\C)C(N)=O)C(N)=O.C=C(C)C(=O)O. The summed E-state index contributed by atoms with van der Waals surface area (Å²) in [5, 5.41) is 7.89. The summed E-state index contributed by atoms with van der Waals surface area (Å²) in [7, 11) is 0. The second kappa shape index (κ2) is 9.64. The molecule has 0 saturated heterocycles. The van der Waals surface area contributed by atoms with E-state index in [4.69, 9.17) is 16.6 Å². The number of carbonyl (C=O) groups is 3. The normalized spacial score (nSPS) is 11.1. The smallest absolute Gasteiger partial charge is 0.330 e. The van der Waals surface area contributed by atoms with Gasteiger partial charge >= 0.3 is 5.97 Å². The first-order valence-electron chi connectivity index (χ1n) is 5.41. The van der Waals surface area contributed by atoms with Crippen LogP contribution in [0.5, 0.6) is 0 Å². The lowest BCUT2D eigenvalue weighted by Gasteiger charge is -1.93. The number of allylic oxidation sites excluding steroid dienone is 2. The van der Waals surface area contributed by atoms with E-state index in [9.17, 15) is 14.4 Å². The molecule has 6 nitrogen and oxygen atoms in total. The van der Waals surface area contributed by atoms with E-state index >= 15 is 0 Å². The van der Waals surface area contributed by atoms with Crippen LogP contribution in [-0.4, -0.2) is 22.9 Å².